The first-order valence-corrected chi connectivity index (χ1v) is 11.5. The van der Waals surface area contributed by atoms with Gasteiger partial charge in [0.15, 0.2) is 0 Å². The van der Waals surface area contributed by atoms with E-state index in [1.54, 1.807) is 0 Å². The fraction of sp³-hybridized carbons (Fsp3) is 0.600. The van der Waals surface area contributed by atoms with Gasteiger partial charge >= 0.3 is 0 Å². The maximum absolute atomic E-state index is 5.85. The topological polar surface area (TPSA) is 44.2 Å². The molecule has 0 saturated heterocycles. The fourth-order valence-electron chi connectivity index (χ4n) is 3.23. The molecule has 1 heterocycles. The van der Waals surface area contributed by atoms with Gasteiger partial charge in [0.1, 0.15) is 5.75 Å². The minimum absolute atomic E-state index is 0.600. The van der Waals surface area contributed by atoms with Crippen molar-refractivity contribution in [2.45, 2.75) is 84.5 Å². The van der Waals surface area contributed by atoms with Crippen LogP contribution in [0.5, 0.6) is 11.6 Å². The second-order valence-electron chi connectivity index (χ2n) is 7.66. The molecule has 0 spiro atoms. The second kappa shape index (κ2) is 14.8. The highest BCUT2D eigenvalue weighted by Crippen LogP contribution is 2.21. The molecule has 4 heteroatoms. The Morgan fingerprint density at radius 1 is 0.586 bits per heavy atom. The molecule has 0 saturated carbocycles. The Labute approximate surface area is 177 Å². The van der Waals surface area contributed by atoms with Crippen molar-refractivity contribution < 1.29 is 9.47 Å². The van der Waals surface area contributed by atoms with Crippen LogP contribution in [0.2, 0.25) is 0 Å². The highest BCUT2D eigenvalue weighted by molar-refractivity contribution is 5.59. The first-order chi connectivity index (χ1) is 14.3. The molecule has 160 valence electrons. The molecule has 0 aliphatic heterocycles. The van der Waals surface area contributed by atoms with E-state index < -0.39 is 0 Å². The van der Waals surface area contributed by atoms with Gasteiger partial charge in [0, 0.05) is 11.6 Å². The zero-order valence-electron chi connectivity index (χ0n) is 18.4. The van der Waals surface area contributed by atoms with Crippen molar-refractivity contribution in [1.82, 2.24) is 10.2 Å². The van der Waals surface area contributed by atoms with E-state index in [0.717, 1.165) is 36.5 Å². The fourth-order valence-corrected chi connectivity index (χ4v) is 3.23. The molecule has 0 N–H and O–H groups in total. The second-order valence-corrected chi connectivity index (χ2v) is 7.66. The Balaban J connectivity index is 1.68. The minimum atomic E-state index is 0.600. The van der Waals surface area contributed by atoms with Crippen molar-refractivity contribution in [3.63, 3.8) is 0 Å². The number of hydrogen-bond acceptors (Lipinski definition) is 4. The van der Waals surface area contributed by atoms with Gasteiger partial charge in [-0.15, -0.1) is 10.2 Å². The molecular weight excluding hydrogens is 360 g/mol. The summed E-state index contributed by atoms with van der Waals surface area (Å²) in [5.41, 5.74) is 1.89. The SMILES string of the molecule is CCCCCCCCOc1ccc(-c2ccc(OCCCCCCC)nn2)cc1. The molecule has 0 fully saturated rings. The molecular formula is C25H38N2O2. The molecule has 2 rings (SSSR count). The van der Waals surface area contributed by atoms with E-state index in [2.05, 4.69) is 24.0 Å². The lowest BCUT2D eigenvalue weighted by Crippen LogP contribution is -2.00. The van der Waals surface area contributed by atoms with Gasteiger partial charge in [-0.25, -0.2) is 0 Å². The van der Waals surface area contributed by atoms with Crippen LogP contribution in [-0.2, 0) is 0 Å². The first-order valence-electron chi connectivity index (χ1n) is 11.5. The number of hydrogen-bond donors (Lipinski definition) is 0. The minimum Gasteiger partial charge on any atom is -0.494 e. The van der Waals surface area contributed by atoms with E-state index in [0.29, 0.717) is 12.5 Å². The Hall–Kier alpha value is -2.10. The number of aromatic nitrogens is 2. The van der Waals surface area contributed by atoms with Gasteiger partial charge in [-0.1, -0.05) is 71.6 Å². The standard InChI is InChI=1S/C25H38N2O2/c1-3-5-7-9-11-12-20-28-23-16-14-22(15-17-23)24-18-19-25(27-26-24)29-21-13-10-8-6-4-2/h14-19H,3-13,20-21H2,1-2H3. The maximum Gasteiger partial charge on any atom is 0.233 e. The predicted molar refractivity (Wildman–Crippen MR) is 121 cm³/mol. The first kappa shape index (κ1) is 23.2. The van der Waals surface area contributed by atoms with Crippen LogP contribution in [-0.4, -0.2) is 23.4 Å². The molecule has 0 radical (unpaired) electrons. The third kappa shape index (κ3) is 9.78. The smallest absolute Gasteiger partial charge is 0.233 e. The molecule has 1 aromatic heterocycles. The van der Waals surface area contributed by atoms with Crippen molar-refractivity contribution in [1.29, 1.82) is 0 Å². The van der Waals surface area contributed by atoms with Crippen LogP contribution in [0.3, 0.4) is 0 Å². The van der Waals surface area contributed by atoms with Crippen molar-refractivity contribution in [3.8, 4) is 22.9 Å². The molecule has 0 unspecified atom stereocenters. The zero-order chi connectivity index (χ0) is 20.6. The summed E-state index contributed by atoms with van der Waals surface area (Å²) in [6.07, 6.45) is 13.8. The van der Waals surface area contributed by atoms with Crippen molar-refractivity contribution in [2.24, 2.45) is 0 Å². The lowest BCUT2D eigenvalue weighted by atomic mass is 10.1. The summed E-state index contributed by atoms with van der Waals surface area (Å²) < 4.78 is 11.5. The van der Waals surface area contributed by atoms with Crippen molar-refractivity contribution in [2.75, 3.05) is 13.2 Å². The number of benzene rings is 1. The Morgan fingerprint density at radius 2 is 1.17 bits per heavy atom. The van der Waals surface area contributed by atoms with E-state index in [-0.39, 0.29) is 0 Å². The van der Waals surface area contributed by atoms with E-state index in [1.807, 2.05) is 36.4 Å². The van der Waals surface area contributed by atoms with Crippen LogP contribution >= 0.6 is 0 Å². The summed E-state index contributed by atoms with van der Waals surface area (Å²) in [6, 6.07) is 12.0. The summed E-state index contributed by atoms with van der Waals surface area (Å²) in [7, 11) is 0. The van der Waals surface area contributed by atoms with Crippen LogP contribution in [0.4, 0.5) is 0 Å². The van der Waals surface area contributed by atoms with Gasteiger partial charge in [-0.3, -0.25) is 0 Å². The van der Waals surface area contributed by atoms with Gasteiger partial charge < -0.3 is 9.47 Å². The highest BCUT2D eigenvalue weighted by Gasteiger charge is 2.03. The summed E-state index contributed by atoms with van der Waals surface area (Å²) in [5, 5.41) is 8.50. The highest BCUT2D eigenvalue weighted by atomic mass is 16.5. The normalized spacial score (nSPS) is 10.8. The van der Waals surface area contributed by atoms with Crippen LogP contribution in [0, 0.1) is 0 Å². The monoisotopic (exact) mass is 398 g/mol. The van der Waals surface area contributed by atoms with Crippen LogP contribution in [0.25, 0.3) is 11.3 Å². The molecule has 0 aliphatic rings. The molecule has 1 aromatic carbocycles. The summed E-state index contributed by atoms with van der Waals surface area (Å²) in [5.74, 6) is 1.52. The quantitative estimate of drug-likeness (QED) is 0.280. The molecule has 0 aliphatic carbocycles. The zero-order valence-corrected chi connectivity index (χ0v) is 18.4. The van der Waals surface area contributed by atoms with Crippen LogP contribution in [0.15, 0.2) is 36.4 Å². The van der Waals surface area contributed by atoms with E-state index in [4.69, 9.17) is 9.47 Å². The summed E-state index contributed by atoms with van der Waals surface area (Å²) in [4.78, 5) is 0. The van der Waals surface area contributed by atoms with E-state index >= 15 is 0 Å². The van der Waals surface area contributed by atoms with Gasteiger partial charge in [0.25, 0.3) is 0 Å². The number of ether oxygens (including phenoxy) is 2. The Morgan fingerprint density at radius 3 is 1.76 bits per heavy atom. The lowest BCUT2D eigenvalue weighted by molar-refractivity contribution is 0.290. The number of rotatable bonds is 16. The lowest BCUT2D eigenvalue weighted by Gasteiger charge is -2.08. The summed E-state index contributed by atoms with van der Waals surface area (Å²) >= 11 is 0. The van der Waals surface area contributed by atoms with Crippen molar-refractivity contribution in [3.05, 3.63) is 36.4 Å². The van der Waals surface area contributed by atoms with Crippen LogP contribution < -0.4 is 9.47 Å². The van der Waals surface area contributed by atoms with E-state index in [9.17, 15) is 0 Å². The van der Waals surface area contributed by atoms with Gasteiger partial charge in [-0.2, -0.15) is 0 Å². The molecule has 0 bridgehead atoms. The third-order valence-corrected chi connectivity index (χ3v) is 5.05. The number of nitrogens with zero attached hydrogens (tertiary/aromatic N) is 2. The number of unbranched alkanes of at least 4 members (excludes halogenated alkanes) is 9. The predicted octanol–water partition coefficient (Wildman–Crippen LogP) is 7.23. The van der Waals surface area contributed by atoms with E-state index in [1.165, 1.54) is 57.8 Å². The van der Waals surface area contributed by atoms with Crippen molar-refractivity contribution >= 4 is 0 Å². The Kier molecular flexibility index (Phi) is 11.9. The molecule has 29 heavy (non-hydrogen) atoms. The average molecular weight is 399 g/mol. The summed E-state index contributed by atoms with van der Waals surface area (Å²) in [6.45, 7) is 5.97. The third-order valence-electron chi connectivity index (χ3n) is 5.05. The molecule has 0 amide bonds. The maximum atomic E-state index is 5.85. The largest absolute Gasteiger partial charge is 0.494 e. The molecule has 4 nitrogen and oxygen atoms in total. The Bertz CT molecular complexity index is 641. The van der Waals surface area contributed by atoms with Crippen LogP contribution in [0.1, 0.15) is 84.5 Å². The van der Waals surface area contributed by atoms with Gasteiger partial charge in [0.2, 0.25) is 5.88 Å². The molecule has 2 aromatic rings. The average Bonchev–Trinajstić information content (AvgIpc) is 2.76. The molecule has 0 atom stereocenters. The van der Waals surface area contributed by atoms with Gasteiger partial charge in [-0.05, 0) is 43.2 Å². The van der Waals surface area contributed by atoms with Gasteiger partial charge in [0.05, 0.1) is 18.9 Å².